The molecule has 0 aromatic heterocycles. The van der Waals surface area contributed by atoms with Gasteiger partial charge in [0.05, 0.1) is 13.2 Å². The molecule has 2 aliphatic heterocycles. The van der Waals surface area contributed by atoms with Gasteiger partial charge in [-0.15, -0.1) is 0 Å². The lowest BCUT2D eigenvalue weighted by molar-refractivity contribution is -0.359. The maximum atomic E-state index is 10.5. The molecule has 0 radical (unpaired) electrons. The molecule has 31 heavy (non-hydrogen) atoms. The average Bonchev–Trinajstić information content (AvgIpc) is 2.77. The van der Waals surface area contributed by atoms with E-state index in [0.717, 1.165) is 0 Å². The summed E-state index contributed by atoms with van der Waals surface area (Å²) in [6.45, 7) is -0.750. The van der Waals surface area contributed by atoms with E-state index < -0.39 is 74.6 Å². The van der Waals surface area contributed by atoms with E-state index >= 15 is 0 Å². The second kappa shape index (κ2) is 12.8. The normalized spacial score (nSPS) is 41.0. The number of hydrogen-bond acceptors (Lipinski definition) is 12. The fraction of sp³-hybridized carbons (Fsp3) is 1.00. The van der Waals surface area contributed by atoms with Crippen LogP contribution in [0.4, 0.5) is 0 Å². The summed E-state index contributed by atoms with van der Waals surface area (Å²) in [5.74, 6) is 0. The van der Waals surface area contributed by atoms with Crippen LogP contribution in [0, 0.1) is 0 Å². The lowest BCUT2D eigenvalue weighted by Gasteiger charge is -2.45. The minimum atomic E-state index is -1.72. The zero-order valence-electron chi connectivity index (χ0n) is 16.8. The monoisotopic (exact) mass is 453 g/mol. The largest absolute Gasteiger partial charge is 0.394 e. The van der Waals surface area contributed by atoms with Gasteiger partial charge in [-0.2, -0.15) is 0 Å². The number of aliphatic hydroxyl groups is 7. The van der Waals surface area contributed by atoms with Crippen LogP contribution in [0.25, 0.3) is 10.4 Å². The Morgan fingerprint density at radius 1 is 0.774 bits per heavy atom. The van der Waals surface area contributed by atoms with Gasteiger partial charge in [-0.3, -0.25) is 0 Å². The van der Waals surface area contributed by atoms with Crippen LogP contribution in [-0.4, -0.2) is 124 Å². The van der Waals surface area contributed by atoms with E-state index in [1.54, 1.807) is 0 Å². The summed E-state index contributed by atoms with van der Waals surface area (Å²) < 4.78 is 21.6. The molecule has 0 saturated carbocycles. The molecule has 14 heteroatoms. The fourth-order valence-corrected chi connectivity index (χ4v) is 3.40. The standard InChI is InChI=1S/C17H31N3O11/c18-20-19-4-2-1-3-5-28-16-14(27)12(25)15(9(7-22)30-16)31-17-13(26)11(24)10(23)8(6-21)29-17/h8-17,21-27H,1-7H2/t8-,9-,10+,11+,12-,13-,14-,15-,16-,17+/m1/s1. The van der Waals surface area contributed by atoms with E-state index in [9.17, 15) is 35.7 Å². The van der Waals surface area contributed by atoms with Crippen LogP contribution in [0.5, 0.6) is 0 Å². The minimum absolute atomic E-state index is 0.182. The molecule has 14 nitrogen and oxygen atoms in total. The summed E-state index contributed by atoms with van der Waals surface area (Å²) in [5.41, 5.74) is 8.21. The van der Waals surface area contributed by atoms with Crippen molar-refractivity contribution in [2.75, 3.05) is 26.4 Å². The van der Waals surface area contributed by atoms with Crippen molar-refractivity contribution in [2.45, 2.75) is 80.7 Å². The van der Waals surface area contributed by atoms with E-state index in [0.29, 0.717) is 25.8 Å². The quantitative estimate of drug-likeness (QED) is 0.0726. The molecule has 0 spiro atoms. The third kappa shape index (κ3) is 6.68. The van der Waals surface area contributed by atoms with Gasteiger partial charge in [0.1, 0.15) is 48.8 Å². The number of rotatable bonds is 11. The Kier molecular flexibility index (Phi) is 10.8. The van der Waals surface area contributed by atoms with Crippen molar-refractivity contribution in [1.29, 1.82) is 0 Å². The maximum Gasteiger partial charge on any atom is 0.187 e. The van der Waals surface area contributed by atoms with E-state index in [1.807, 2.05) is 0 Å². The molecule has 0 unspecified atom stereocenters. The van der Waals surface area contributed by atoms with Gasteiger partial charge >= 0.3 is 0 Å². The van der Waals surface area contributed by atoms with Crippen LogP contribution in [-0.2, 0) is 18.9 Å². The van der Waals surface area contributed by atoms with Gasteiger partial charge in [0, 0.05) is 18.1 Å². The predicted octanol–water partition coefficient (Wildman–Crippen LogP) is -2.89. The van der Waals surface area contributed by atoms with Gasteiger partial charge in [0.2, 0.25) is 0 Å². The fourth-order valence-electron chi connectivity index (χ4n) is 3.40. The highest BCUT2D eigenvalue weighted by Crippen LogP contribution is 2.29. The molecule has 0 bridgehead atoms. The Balaban J connectivity index is 1.92. The first kappa shape index (κ1) is 26.1. The summed E-state index contributed by atoms with van der Waals surface area (Å²) in [5, 5.41) is 72.9. The molecule has 180 valence electrons. The van der Waals surface area contributed by atoms with Gasteiger partial charge in [0.15, 0.2) is 12.6 Å². The van der Waals surface area contributed by atoms with Crippen LogP contribution in [0.3, 0.4) is 0 Å². The molecule has 0 aliphatic carbocycles. The Morgan fingerprint density at radius 2 is 1.42 bits per heavy atom. The number of azide groups is 1. The van der Waals surface area contributed by atoms with E-state index in [2.05, 4.69) is 10.0 Å². The van der Waals surface area contributed by atoms with Crippen LogP contribution < -0.4 is 0 Å². The second-order valence-electron chi connectivity index (χ2n) is 7.39. The highest BCUT2D eigenvalue weighted by atomic mass is 16.7. The van der Waals surface area contributed by atoms with Crippen LogP contribution in [0.2, 0.25) is 0 Å². The first-order valence-corrected chi connectivity index (χ1v) is 10.1. The van der Waals surface area contributed by atoms with E-state index in [1.165, 1.54) is 0 Å². The number of unbranched alkanes of at least 4 members (excludes halogenated alkanes) is 2. The SMILES string of the molecule is [N-]=[N+]=NCCCCCO[C@@H]1O[C@H](CO)[C@@H](O[C@@H]2O[C@H](CO)[C@H](O)[C@H](O)[C@H]2O)[C@H](O)[C@H]1O. The second-order valence-corrected chi connectivity index (χ2v) is 7.39. The Labute approximate surface area is 178 Å². The molecule has 2 heterocycles. The van der Waals surface area contributed by atoms with Gasteiger partial charge < -0.3 is 54.7 Å². The third-order valence-corrected chi connectivity index (χ3v) is 5.21. The molecule has 2 aliphatic rings. The van der Waals surface area contributed by atoms with Crippen molar-refractivity contribution in [1.82, 2.24) is 0 Å². The molecular formula is C17H31N3O11. The number of nitrogens with zero attached hydrogens (tertiary/aromatic N) is 3. The molecule has 0 aromatic rings. The van der Waals surface area contributed by atoms with Crippen LogP contribution in [0.1, 0.15) is 19.3 Å². The van der Waals surface area contributed by atoms with Crippen LogP contribution >= 0.6 is 0 Å². The molecule has 0 amide bonds. The maximum absolute atomic E-state index is 10.5. The summed E-state index contributed by atoms with van der Waals surface area (Å²) in [6, 6.07) is 0. The Morgan fingerprint density at radius 3 is 2.06 bits per heavy atom. The minimum Gasteiger partial charge on any atom is -0.394 e. The van der Waals surface area contributed by atoms with Gasteiger partial charge in [-0.05, 0) is 18.4 Å². The lowest BCUT2D eigenvalue weighted by Crippen LogP contribution is -2.64. The smallest absolute Gasteiger partial charge is 0.187 e. The van der Waals surface area contributed by atoms with Crippen molar-refractivity contribution in [3.05, 3.63) is 10.4 Å². The van der Waals surface area contributed by atoms with Crippen molar-refractivity contribution < 1.29 is 54.7 Å². The number of hydrogen-bond donors (Lipinski definition) is 7. The summed E-state index contributed by atoms with van der Waals surface area (Å²) in [7, 11) is 0. The predicted molar refractivity (Wildman–Crippen MR) is 100 cm³/mol. The highest BCUT2D eigenvalue weighted by molar-refractivity contribution is 4.94. The number of aliphatic hydroxyl groups excluding tert-OH is 7. The average molecular weight is 453 g/mol. The zero-order valence-corrected chi connectivity index (χ0v) is 16.8. The van der Waals surface area contributed by atoms with Crippen LogP contribution in [0.15, 0.2) is 5.11 Å². The van der Waals surface area contributed by atoms with Crippen molar-refractivity contribution in [3.63, 3.8) is 0 Å². The highest BCUT2D eigenvalue weighted by Gasteiger charge is 2.50. The lowest BCUT2D eigenvalue weighted by atomic mass is 9.97. The molecule has 10 atom stereocenters. The molecule has 2 saturated heterocycles. The van der Waals surface area contributed by atoms with Crippen molar-refractivity contribution >= 4 is 0 Å². The van der Waals surface area contributed by atoms with E-state index in [-0.39, 0.29) is 6.61 Å². The summed E-state index contributed by atoms with van der Waals surface area (Å²) in [4.78, 5) is 2.65. The Bertz CT molecular complexity index is 578. The molecular weight excluding hydrogens is 422 g/mol. The van der Waals surface area contributed by atoms with Crippen molar-refractivity contribution in [3.8, 4) is 0 Å². The first-order chi connectivity index (χ1) is 14.8. The molecule has 0 aromatic carbocycles. The van der Waals surface area contributed by atoms with Gasteiger partial charge in [-0.25, -0.2) is 0 Å². The molecule has 2 fully saturated rings. The van der Waals surface area contributed by atoms with Crippen molar-refractivity contribution in [2.24, 2.45) is 5.11 Å². The summed E-state index contributed by atoms with van der Waals surface area (Å²) in [6.07, 6.45) is -12.8. The summed E-state index contributed by atoms with van der Waals surface area (Å²) >= 11 is 0. The first-order valence-electron chi connectivity index (χ1n) is 10.1. The van der Waals surface area contributed by atoms with Gasteiger partial charge in [0.25, 0.3) is 0 Å². The zero-order chi connectivity index (χ0) is 23.0. The topological polar surface area (TPSA) is 227 Å². The van der Waals surface area contributed by atoms with E-state index in [4.69, 9.17) is 24.5 Å². The van der Waals surface area contributed by atoms with Gasteiger partial charge in [-0.1, -0.05) is 11.5 Å². The number of ether oxygens (including phenoxy) is 4. The molecule has 2 rings (SSSR count). The molecule has 7 N–H and O–H groups in total. The third-order valence-electron chi connectivity index (χ3n) is 5.21. The Hall–Kier alpha value is -1.13.